The van der Waals surface area contributed by atoms with E-state index >= 15 is 0 Å². The van der Waals surface area contributed by atoms with E-state index in [4.69, 9.17) is 9.47 Å². The second-order valence-electron chi connectivity index (χ2n) is 12.2. The highest BCUT2D eigenvalue weighted by molar-refractivity contribution is 5.96. The van der Waals surface area contributed by atoms with Crippen molar-refractivity contribution in [3.63, 3.8) is 0 Å². The van der Waals surface area contributed by atoms with Gasteiger partial charge in [-0.05, 0) is 35.8 Å². The number of ether oxygens (including phenoxy) is 3. The summed E-state index contributed by atoms with van der Waals surface area (Å²) in [4.78, 5) is 38.1. The number of aromatic hydroxyl groups is 2. The summed E-state index contributed by atoms with van der Waals surface area (Å²) in [5, 5.41) is 28.2. The number of phenolic OH excluding ortho intramolecular Hbond substituents is 2. The second kappa shape index (κ2) is 14.7. The molecule has 2 rings (SSSR count). The van der Waals surface area contributed by atoms with Crippen LogP contribution in [0.15, 0.2) is 24.3 Å². The normalized spacial score (nSPS) is 11.4. The lowest BCUT2D eigenvalue weighted by atomic mass is 9.85. The first-order valence-corrected chi connectivity index (χ1v) is 14.1. The van der Waals surface area contributed by atoms with E-state index in [1.807, 2.05) is 41.5 Å². The molecule has 0 aliphatic heterocycles. The minimum absolute atomic E-state index is 0.0780. The highest BCUT2D eigenvalue weighted by Gasteiger charge is 2.26. The van der Waals surface area contributed by atoms with Crippen LogP contribution in [-0.4, -0.2) is 61.1 Å². The first-order chi connectivity index (χ1) is 20.0. The number of benzene rings is 2. The Bertz CT molecular complexity index is 1300. The van der Waals surface area contributed by atoms with Crippen LogP contribution in [0.2, 0.25) is 0 Å². The molecular formula is C31H46N4O8. The van der Waals surface area contributed by atoms with Crippen LogP contribution in [0.25, 0.3) is 0 Å². The number of hydrogen-bond donors (Lipinski definition) is 5. The predicted octanol–water partition coefficient (Wildman–Crippen LogP) is 6.01. The number of carbonyl (C=O) groups is 3. The number of urea groups is 2. The lowest BCUT2D eigenvalue weighted by Gasteiger charge is -2.27. The molecule has 0 saturated carbocycles. The number of esters is 1. The molecule has 43 heavy (non-hydrogen) atoms. The minimum Gasteiger partial charge on any atom is -0.505 e. The number of nitrogens with one attached hydrogen (secondary N) is 3. The maximum atomic E-state index is 13.5. The fourth-order valence-corrected chi connectivity index (χ4v) is 4.27. The van der Waals surface area contributed by atoms with E-state index in [9.17, 15) is 24.6 Å². The number of methoxy groups -OCH3 is 3. The average molecular weight is 603 g/mol. The van der Waals surface area contributed by atoms with Gasteiger partial charge >= 0.3 is 18.0 Å². The van der Waals surface area contributed by atoms with Crippen molar-refractivity contribution in [3.05, 3.63) is 35.4 Å². The fourth-order valence-electron chi connectivity index (χ4n) is 4.27. The van der Waals surface area contributed by atoms with E-state index in [1.54, 1.807) is 12.1 Å². The number of hydrazine groups is 1. The van der Waals surface area contributed by atoms with Gasteiger partial charge in [-0.15, -0.1) is 0 Å². The Kier molecular flexibility index (Phi) is 11.9. The van der Waals surface area contributed by atoms with E-state index in [1.165, 1.54) is 33.5 Å². The zero-order valence-corrected chi connectivity index (χ0v) is 26.6. The van der Waals surface area contributed by atoms with Gasteiger partial charge in [0.1, 0.15) is 23.0 Å². The number of amides is 4. The molecule has 0 radical (unpaired) electrons. The number of nitrogens with zero attached hydrogens (tertiary/aromatic N) is 1. The monoisotopic (exact) mass is 602 g/mol. The maximum Gasteiger partial charge on any atom is 0.340 e. The molecule has 12 nitrogen and oxygen atoms in total. The third-order valence-electron chi connectivity index (χ3n) is 6.72. The quantitative estimate of drug-likeness (QED) is 0.0956. The molecular weight excluding hydrogens is 556 g/mol. The maximum absolute atomic E-state index is 13.5. The molecule has 0 atom stereocenters. The van der Waals surface area contributed by atoms with E-state index in [0.717, 1.165) is 5.01 Å². The summed E-state index contributed by atoms with van der Waals surface area (Å²) in [5.74, 6) is 0.281. The van der Waals surface area contributed by atoms with Gasteiger partial charge in [-0.25, -0.2) is 20.0 Å². The predicted molar refractivity (Wildman–Crippen MR) is 165 cm³/mol. The minimum atomic E-state index is -0.793. The highest BCUT2D eigenvalue weighted by atomic mass is 16.5. The van der Waals surface area contributed by atoms with Gasteiger partial charge in [0.15, 0.2) is 0 Å². The smallest absolute Gasteiger partial charge is 0.340 e. The van der Waals surface area contributed by atoms with Gasteiger partial charge in [0.05, 0.1) is 32.7 Å². The van der Waals surface area contributed by atoms with Crippen molar-refractivity contribution in [1.29, 1.82) is 0 Å². The molecule has 5 N–H and O–H groups in total. The molecule has 2 aromatic carbocycles. The number of rotatable bonds is 10. The van der Waals surface area contributed by atoms with Gasteiger partial charge < -0.3 is 35.1 Å². The lowest BCUT2D eigenvalue weighted by Crippen LogP contribution is -2.50. The standard InChI is InChI=1S/C31H46N4O8/c1-30(2,3)21-15-19(41-7)17-23(26(21)37)32-28(39)34-35(14-12-10-11-13-25(36)43-9)29(40)33-24-18-20(42-8)16-22(27(24)38)31(4,5)6/h15-18,37-38H,10-14H2,1-9H3,(H,33,40)(H2,32,34,39). The molecule has 0 saturated heterocycles. The summed E-state index contributed by atoms with van der Waals surface area (Å²) in [6.07, 6.45) is 1.79. The van der Waals surface area contributed by atoms with Crippen LogP contribution in [0.1, 0.15) is 78.4 Å². The summed E-state index contributed by atoms with van der Waals surface area (Å²) < 4.78 is 15.4. The molecule has 0 aromatic heterocycles. The number of anilines is 2. The molecule has 0 fully saturated rings. The number of hydrogen-bond acceptors (Lipinski definition) is 8. The van der Waals surface area contributed by atoms with Crippen LogP contribution in [0.4, 0.5) is 21.0 Å². The van der Waals surface area contributed by atoms with Gasteiger partial charge in [0.2, 0.25) is 0 Å². The van der Waals surface area contributed by atoms with Crippen molar-refractivity contribution < 1.29 is 38.8 Å². The zero-order valence-electron chi connectivity index (χ0n) is 26.6. The Hall–Kier alpha value is -4.35. The van der Waals surface area contributed by atoms with Crippen molar-refractivity contribution in [1.82, 2.24) is 10.4 Å². The van der Waals surface area contributed by atoms with Gasteiger partial charge in [-0.1, -0.05) is 48.0 Å². The van der Waals surface area contributed by atoms with E-state index in [2.05, 4.69) is 20.8 Å². The Balaban J connectivity index is 2.33. The first-order valence-electron chi connectivity index (χ1n) is 14.1. The largest absolute Gasteiger partial charge is 0.505 e. The topological polar surface area (TPSA) is 159 Å². The van der Waals surface area contributed by atoms with Crippen LogP contribution in [0.5, 0.6) is 23.0 Å². The Morgan fingerprint density at radius 2 is 1.23 bits per heavy atom. The fraction of sp³-hybridized carbons (Fsp3) is 0.516. The number of unbranched alkanes of at least 4 members (excludes halogenated alkanes) is 2. The van der Waals surface area contributed by atoms with Crippen LogP contribution in [-0.2, 0) is 20.4 Å². The first kappa shape index (κ1) is 34.8. The molecule has 4 amide bonds. The molecule has 0 heterocycles. The third kappa shape index (κ3) is 9.86. The van der Waals surface area contributed by atoms with Gasteiger partial charge in [0.25, 0.3) is 0 Å². The van der Waals surface area contributed by atoms with Crippen molar-refractivity contribution in [2.45, 2.75) is 78.1 Å². The summed E-state index contributed by atoms with van der Waals surface area (Å²) in [7, 11) is 4.28. The van der Waals surface area contributed by atoms with E-state index in [0.29, 0.717) is 41.9 Å². The van der Waals surface area contributed by atoms with Gasteiger partial charge in [-0.2, -0.15) is 0 Å². The Morgan fingerprint density at radius 3 is 1.67 bits per heavy atom. The van der Waals surface area contributed by atoms with E-state index in [-0.39, 0.29) is 41.8 Å². The van der Waals surface area contributed by atoms with Crippen molar-refractivity contribution >= 4 is 29.4 Å². The third-order valence-corrected chi connectivity index (χ3v) is 6.72. The molecule has 2 aromatic rings. The summed E-state index contributed by atoms with van der Waals surface area (Å²) in [5.41, 5.74) is 2.94. The second-order valence-corrected chi connectivity index (χ2v) is 12.2. The van der Waals surface area contributed by atoms with Gasteiger partial charge in [-0.3, -0.25) is 4.79 Å². The summed E-state index contributed by atoms with van der Waals surface area (Å²) >= 11 is 0. The highest BCUT2D eigenvalue weighted by Crippen LogP contribution is 2.41. The molecule has 0 aliphatic carbocycles. The zero-order chi connectivity index (χ0) is 32.5. The van der Waals surface area contributed by atoms with Crippen LogP contribution >= 0.6 is 0 Å². The van der Waals surface area contributed by atoms with E-state index < -0.39 is 22.9 Å². The lowest BCUT2D eigenvalue weighted by molar-refractivity contribution is -0.140. The molecule has 0 bridgehead atoms. The van der Waals surface area contributed by atoms with Crippen molar-refractivity contribution in [2.24, 2.45) is 0 Å². The molecule has 0 aliphatic rings. The SMILES string of the molecule is COC(=O)CCCCCN(NC(=O)Nc1cc(OC)cc(C(C)(C)C)c1O)C(=O)Nc1cc(OC)cc(C(C)(C)C)c1O. The van der Waals surface area contributed by atoms with Crippen molar-refractivity contribution in [3.8, 4) is 23.0 Å². The number of carbonyl (C=O) groups excluding carboxylic acids is 3. The Labute approximate surface area is 253 Å². The molecule has 12 heteroatoms. The van der Waals surface area contributed by atoms with Gasteiger partial charge in [0, 0.05) is 36.2 Å². The van der Waals surface area contributed by atoms with Crippen LogP contribution < -0.4 is 25.5 Å². The molecule has 238 valence electrons. The average Bonchev–Trinajstić information content (AvgIpc) is 2.92. The van der Waals surface area contributed by atoms with Crippen molar-refractivity contribution in [2.75, 3.05) is 38.5 Å². The molecule has 0 spiro atoms. The number of phenols is 2. The van der Waals surface area contributed by atoms with Crippen LogP contribution in [0, 0.1) is 0 Å². The Morgan fingerprint density at radius 1 is 0.744 bits per heavy atom. The summed E-state index contributed by atoms with van der Waals surface area (Å²) in [6, 6.07) is 4.83. The summed E-state index contributed by atoms with van der Waals surface area (Å²) in [6.45, 7) is 11.6. The molecule has 0 unspecified atom stereocenters. The van der Waals surface area contributed by atoms with Crippen LogP contribution in [0.3, 0.4) is 0 Å².